The molecule has 0 aromatic rings. The molecule has 184 valence electrons. The van der Waals surface area contributed by atoms with E-state index in [1.165, 1.54) is 7.11 Å². The predicted octanol–water partition coefficient (Wildman–Crippen LogP) is 4.77. The molecule has 0 amide bonds. The van der Waals surface area contributed by atoms with Crippen LogP contribution in [0, 0.1) is 11.8 Å². The number of rotatable bonds is 16. The number of aliphatic carboxylic acids is 2. The van der Waals surface area contributed by atoms with Crippen molar-refractivity contribution in [1.82, 2.24) is 0 Å². The first-order valence-corrected chi connectivity index (χ1v) is 11.2. The third-order valence-corrected chi connectivity index (χ3v) is 4.30. The maximum absolute atomic E-state index is 11.3. The predicted molar refractivity (Wildman–Crippen MR) is 122 cm³/mol. The van der Waals surface area contributed by atoms with Crippen molar-refractivity contribution in [2.45, 2.75) is 78.6 Å². The van der Waals surface area contributed by atoms with Crippen molar-refractivity contribution < 1.29 is 38.9 Å². The van der Waals surface area contributed by atoms with Gasteiger partial charge in [0.25, 0.3) is 0 Å². The number of methoxy groups -OCH3 is 1. The van der Waals surface area contributed by atoms with Crippen LogP contribution in [-0.4, -0.2) is 47.8 Å². The highest BCUT2D eigenvalue weighted by atomic mass is 16.5. The van der Waals surface area contributed by atoms with Gasteiger partial charge in [-0.2, -0.15) is 0 Å². The molecule has 2 N–H and O–H groups in total. The largest absolute Gasteiger partial charge is 0.481 e. The average Bonchev–Trinajstić information content (AvgIpc) is 2.76. The van der Waals surface area contributed by atoms with Gasteiger partial charge in [0.15, 0.2) is 0 Å². The summed E-state index contributed by atoms with van der Waals surface area (Å²) < 4.78 is 9.30. The summed E-state index contributed by atoms with van der Waals surface area (Å²) >= 11 is 0. The van der Waals surface area contributed by atoms with Gasteiger partial charge in [0.2, 0.25) is 0 Å². The third kappa shape index (κ3) is 19.3. The first-order chi connectivity index (χ1) is 15.2. The molecule has 0 radical (unpaired) electrons. The number of carbonyl (C=O) groups excluding carboxylic acids is 2. The Bertz CT molecular complexity index is 595. The lowest BCUT2D eigenvalue weighted by atomic mass is 10.0. The molecule has 2 unspecified atom stereocenters. The van der Waals surface area contributed by atoms with Gasteiger partial charge in [-0.1, -0.05) is 57.9 Å². The Morgan fingerprint density at radius 1 is 0.719 bits per heavy atom. The summed E-state index contributed by atoms with van der Waals surface area (Å²) in [6, 6.07) is 0. The number of allylic oxidation sites excluding steroid dienone is 4. The maximum atomic E-state index is 11.3. The fourth-order valence-electron chi connectivity index (χ4n) is 2.39. The standard InChI is InChI=1S/C13H22O4.C11H18O4/c1-3-5-6-7-8-11(13(15)16)10-12(14)17-9-4-2;1-3-4-5-6-7-9(11(13)14)8-10(12)15-2/h6-7,11H,3-5,8-10H2,1-2H3,(H,15,16);5-6,9H,3-4,7-8H2,1-2H3,(H,13,14)/b7-6+;6-5+. The van der Waals surface area contributed by atoms with E-state index in [4.69, 9.17) is 14.9 Å². The van der Waals surface area contributed by atoms with Crippen LogP contribution in [0.25, 0.3) is 0 Å². The lowest BCUT2D eigenvalue weighted by molar-refractivity contribution is -0.151. The summed E-state index contributed by atoms with van der Waals surface area (Å²) in [7, 11) is 1.26. The molecule has 0 aliphatic heterocycles. The van der Waals surface area contributed by atoms with Crippen molar-refractivity contribution in [3.8, 4) is 0 Å². The van der Waals surface area contributed by atoms with E-state index in [-0.39, 0.29) is 12.8 Å². The summed E-state index contributed by atoms with van der Waals surface area (Å²) in [4.78, 5) is 43.9. The van der Waals surface area contributed by atoms with E-state index >= 15 is 0 Å². The highest BCUT2D eigenvalue weighted by molar-refractivity contribution is 5.79. The molecule has 0 saturated carbocycles. The molecule has 8 heteroatoms. The van der Waals surface area contributed by atoms with Crippen LogP contribution in [0.1, 0.15) is 78.6 Å². The maximum Gasteiger partial charge on any atom is 0.307 e. The van der Waals surface area contributed by atoms with Crippen LogP contribution in [0.5, 0.6) is 0 Å². The highest BCUT2D eigenvalue weighted by Gasteiger charge is 2.21. The Morgan fingerprint density at radius 3 is 1.50 bits per heavy atom. The Morgan fingerprint density at radius 2 is 1.16 bits per heavy atom. The summed E-state index contributed by atoms with van der Waals surface area (Å²) in [5.41, 5.74) is 0. The Hall–Kier alpha value is -2.64. The molecule has 0 bridgehead atoms. The zero-order chi connectivity index (χ0) is 24.8. The van der Waals surface area contributed by atoms with Crippen molar-refractivity contribution in [2.75, 3.05) is 13.7 Å². The second-order valence-corrected chi connectivity index (χ2v) is 7.27. The number of carboxylic acid groups (broad SMARTS) is 2. The molecule has 0 aromatic heterocycles. The Kier molecular flexibility index (Phi) is 21.3. The highest BCUT2D eigenvalue weighted by Crippen LogP contribution is 2.12. The van der Waals surface area contributed by atoms with E-state index in [9.17, 15) is 19.2 Å². The quantitative estimate of drug-likeness (QED) is 0.251. The molecular formula is C24H40O8. The van der Waals surface area contributed by atoms with Crippen LogP contribution < -0.4 is 0 Å². The molecular weight excluding hydrogens is 416 g/mol. The molecule has 0 aliphatic carbocycles. The zero-order valence-corrected chi connectivity index (χ0v) is 19.9. The first kappa shape index (κ1) is 31.5. The van der Waals surface area contributed by atoms with Gasteiger partial charge in [0, 0.05) is 0 Å². The Labute approximate surface area is 191 Å². The fraction of sp³-hybridized carbons (Fsp3) is 0.667. The van der Waals surface area contributed by atoms with Crippen LogP contribution in [-0.2, 0) is 28.7 Å². The van der Waals surface area contributed by atoms with Crippen LogP contribution in [0.15, 0.2) is 24.3 Å². The van der Waals surface area contributed by atoms with Gasteiger partial charge in [0.05, 0.1) is 38.4 Å². The van der Waals surface area contributed by atoms with E-state index in [0.29, 0.717) is 19.4 Å². The smallest absolute Gasteiger partial charge is 0.307 e. The minimum atomic E-state index is -0.957. The number of esters is 2. The molecule has 2 atom stereocenters. The van der Waals surface area contributed by atoms with Gasteiger partial charge < -0.3 is 19.7 Å². The van der Waals surface area contributed by atoms with Crippen molar-refractivity contribution in [3.05, 3.63) is 24.3 Å². The number of ether oxygens (including phenoxy) is 2. The SMILES string of the molecule is CCC/C=C/CC(CC(=O)OC)C(=O)O.CCC/C=C/CC(CC(=O)OCCC)C(=O)O. The molecule has 0 rings (SSSR count). The molecule has 0 aromatic carbocycles. The van der Waals surface area contributed by atoms with Gasteiger partial charge >= 0.3 is 23.9 Å². The summed E-state index contributed by atoms with van der Waals surface area (Å²) in [5.74, 6) is -4.16. The van der Waals surface area contributed by atoms with Gasteiger partial charge in [-0.15, -0.1) is 0 Å². The van der Waals surface area contributed by atoms with Crippen LogP contribution in [0.4, 0.5) is 0 Å². The molecule has 0 heterocycles. The van der Waals surface area contributed by atoms with Crippen LogP contribution in [0.3, 0.4) is 0 Å². The van der Waals surface area contributed by atoms with E-state index in [1.54, 1.807) is 0 Å². The minimum absolute atomic E-state index is 0.0498. The molecule has 0 spiro atoms. The first-order valence-electron chi connectivity index (χ1n) is 11.2. The average molecular weight is 457 g/mol. The van der Waals surface area contributed by atoms with E-state index in [1.807, 2.05) is 38.2 Å². The van der Waals surface area contributed by atoms with Gasteiger partial charge in [0.1, 0.15) is 0 Å². The third-order valence-electron chi connectivity index (χ3n) is 4.30. The number of hydrogen-bond donors (Lipinski definition) is 2. The number of carbonyl (C=O) groups is 4. The molecule has 0 aliphatic rings. The van der Waals surface area contributed by atoms with Crippen LogP contribution >= 0.6 is 0 Å². The molecule has 32 heavy (non-hydrogen) atoms. The number of unbranched alkanes of at least 4 members (excludes halogenated alkanes) is 2. The van der Waals surface area contributed by atoms with Crippen molar-refractivity contribution >= 4 is 23.9 Å². The molecule has 8 nitrogen and oxygen atoms in total. The second-order valence-electron chi connectivity index (χ2n) is 7.27. The fourth-order valence-corrected chi connectivity index (χ4v) is 2.39. The number of carboxylic acids is 2. The van der Waals surface area contributed by atoms with Crippen molar-refractivity contribution in [3.63, 3.8) is 0 Å². The number of hydrogen-bond acceptors (Lipinski definition) is 6. The topological polar surface area (TPSA) is 127 Å². The van der Waals surface area contributed by atoms with Gasteiger partial charge in [-0.3, -0.25) is 19.2 Å². The lowest BCUT2D eigenvalue weighted by Crippen LogP contribution is -2.19. The summed E-state index contributed by atoms with van der Waals surface area (Å²) in [6.45, 7) is 6.36. The van der Waals surface area contributed by atoms with Gasteiger partial charge in [-0.25, -0.2) is 0 Å². The van der Waals surface area contributed by atoms with E-state index < -0.39 is 35.7 Å². The summed E-state index contributed by atoms with van der Waals surface area (Å²) in [5, 5.41) is 17.8. The van der Waals surface area contributed by atoms with E-state index in [0.717, 1.165) is 32.1 Å². The second kappa shape index (κ2) is 21.6. The Balaban J connectivity index is 0. The normalized spacial score (nSPS) is 12.6. The van der Waals surface area contributed by atoms with Crippen molar-refractivity contribution in [2.24, 2.45) is 11.8 Å². The monoisotopic (exact) mass is 456 g/mol. The van der Waals surface area contributed by atoms with Gasteiger partial charge in [-0.05, 0) is 32.1 Å². The lowest BCUT2D eigenvalue weighted by Gasteiger charge is -2.09. The van der Waals surface area contributed by atoms with Crippen molar-refractivity contribution in [1.29, 1.82) is 0 Å². The van der Waals surface area contributed by atoms with E-state index in [2.05, 4.69) is 11.7 Å². The molecule has 0 fully saturated rings. The minimum Gasteiger partial charge on any atom is -0.481 e. The molecule has 0 saturated heterocycles. The zero-order valence-electron chi connectivity index (χ0n) is 19.9. The van der Waals surface area contributed by atoms with Crippen LogP contribution in [0.2, 0.25) is 0 Å². The summed E-state index contributed by atoms with van der Waals surface area (Å²) in [6.07, 6.45) is 12.9.